The van der Waals surface area contributed by atoms with Gasteiger partial charge in [-0.1, -0.05) is 43.3 Å². The van der Waals surface area contributed by atoms with Gasteiger partial charge < -0.3 is 19.7 Å². The molecule has 1 heterocycles. The molecule has 0 fully saturated rings. The summed E-state index contributed by atoms with van der Waals surface area (Å²) in [7, 11) is 0. The lowest BCUT2D eigenvalue weighted by molar-refractivity contribution is -0.140. The third-order valence-electron chi connectivity index (χ3n) is 4.98. The molecule has 0 aromatic heterocycles. The molecular weight excluding hydrogens is 368 g/mol. The summed E-state index contributed by atoms with van der Waals surface area (Å²) in [5.41, 5.74) is 2.00. The standard InChI is InChI=1S/C23H28N2O4/c1-3-13-24-23(27)17(2)25(15-19-7-5-4-6-8-19)22(26)12-10-18-9-11-20-21(14-18)29-16-28-20/h4-9,11,14,17H,3,10,12-13,15-16H2,1-2H3,(H,24,27)/t17-/m1/s1. The van der Waals surface area contributed by atoms with E-state index in [0.717, 1.165) is 23.3 Å². The largest absolute Gasteiger partial charge is 0.454 e. The average Bonchev–Trinajstić information content (AvgIpc) is 3.22. The van der Waals surface area contributed by atoms with Gasteiger partial charge in [0, 0.05) is 19.5 Å². The number of carbonyl (C=O) groups is 2. The molecule has 2 amide bonds. The van der Waals surface area contributed by atoms with Crippen LogP contribution in [0.25, 0.3) is 0 Å². The number of hydrogen-bond donors (Lipinski definition) is 1. The van der Waals surface area contributed by atoms with E-state index >= 15 is 0 Å². The highest BCUT2D eigenvalue weighted by Gasteiger charge is 2.25. The van der Waals surface area contributed by atoms with Crippen molar-refractivity contribution >= 4 is 11.8 Å². The van der Waals surface area contributed by atoms with Gasteiger partial charge in [0.25, 0.3) is 0 Å². The minimum atomic E-state index is -0.536. The zero-order chi connectivity index (χ0) is 20.6. The molecule has 0 unspecified atom stereocenters. The monoisotopic (exact) mass is 396 g/mol. The van der Waals surface area contributed by atoms with Crippen LogP contribution in [-0.2, 0) is 22.6 Å². The van der Waals surface area contributed by atoms with Gasteiger partial charge >= 0.3 is 0 Å². The van der Waals surface area contributed by atoms with E-state index in [0.29, 0.717) is 31.7 Å². The maximum absolute atomic E-state index is 13.1. The number of amides is 2. The fourth-order valence-electron chi connectivity index (χ4n) is 3.25. The number of aryl methyl sites for hydroxylation is 1. The molecule has 0 saturated carbocycles. The Morgan fingerprint density at radius 1 is 1.07 bits per heavy atom. The number of benzene rings is 2. The predicted octanol–water partition coefficient (Wildman–Crippen LogP) is 3.29. The highest BCUT2D eigenvalue weighted by atomic mass is 16.7. The Labute approximate surface area is 171 Å². The van der Waals surface area contributed by atoms with Crippen molar-refractivity contribution in [3.63, 3.8) is 0 Å². The molecule has 2 aromatic carbocycles. The molecule has 0 aliphatic carbocycles. The summed E-state index contributed by atoms with van der Waals surface area (Å²) in [5, 5.41) is 2.89. The zero-order valence-electron chi connectivity index (χ0n) is 17.0. The summed E-state index contributed by atoms with van der Waals surface area (Å²) in [5.74, 6) is 1.26. The van der Waals surface area contributed by atoms with Crippen molar-refractivity contribution in [2.45, 2.75) is 45.7 Å². The van der Waals surface area contributed by atoms with Crippen LogP contribution in [0.5, 0.6) is 11.5 Å². The molecule has 6 nitrogen and oxygen atoms in total. The summed E-state index contributed by atoms with van der Waals surface area (Å²) in [6, 6.07) is 14.9. The van der Waals surface area contributed by atoms with Gasteiger partial charge in [-0.3, -0.25) is 9.59 Å². The molecule has 0 radical (unpaired) electrons. The Kier molecular flexibility index (Phi) is 7.11. The van der Waals surface area contributed by atoms with Crippen LogP contribution < -0.4 is 14.8 Å². The highest BCUT2D eigenvalue weighted by molar-refractivity contribution is 5.87. The van der Waals surface area contributed by atoms with E-state index < -0.39 is 6.04 Å². The molecule has 0 saturated heterocycles. The van der Waals surface area contributed by atoms with E-state index in [1.54, 1.807) is 11.8 Å². The van der Waals surface area contributed by atoms with Crippen LogP contribution in [0.1, 0.15) is 37.8 Å². The van der Waals surface area contributed by atoms with Crippen LogP contribution in [0, 0.1) is 0 Å². The molecule has 154 valence electrons. The smallest absolute Gasteiger partial charge is 0.242 e. The minimum Gasteiger partial charge on any atom is -0.454 e. The number of fused-ring (bicyclic) bond motifs is 1. The summed E-state index contributed by atoms with van der Waals surface area (Å²) < 4.78 is 10.7. The summed E-state index contributed by atoms with van der Waals surface area (Å²) in [6.07, 6.45) is 1.75. The summed E-state index contributed by atoms with van der Waals surface area (Å²) >= 11 is 0. The van der Waals surface area contributed by atoms with Gasteiger partial charge in [-0.05, 0) is 43.0 Å². The minimum absolute atomic E-state index is 0.0503. The van der Waals surface area contributed by atoms with E-state index in [-0.39, 0.29) is 18.6 Å². The second-order valence-electron chi connectivity index (χ2n) is 7.16. The maximum atomic E-state index is 13.1. The van der Waals surface area contributed by atoms with E-state index in [2.05, 4.69) is 5.32 Å². The second kappa shape index (κ2) is 9.96. The van der Waals surface area contributed by atoms with Crippen molar-refractivity contribution in [2.75, 3.05) is 13.3 Å². The Balaban J connectivity index is 1.68. The van der Waals surface area contributed by atoms with Crippen molar-refractivity contribution in [1.82, 2.24) is 10.2 Å². The molecule has 1 aliphatic heterocycles. The van der Waals surface area contributed by atoms with Gasteiger partial charge in [0.05, 0.1) is 0 Å². The first kappa shape index (κ1) is 20.7. The van der Waals surface area contributed by atoms with Crippen molar-refractivity contribution in [2.24, 2.45) is 0 Å². The third kappa shape index (κ3) is 5.50. The predicted molar refractivity (Wildman–Crippen MR) is 111 cm³/mol. The lowest BCUT2D eigenvalue weighted by Crippen LogP contribution is -2.47. The lowest BCUT2D eigenvalue weighted by atomic mass is 10.1. The number of nitrogens with one attached hydrogen (secondary N) is 1. The number of carbonyl (C=O) groups excluding carboxylic acids is 2. The second-order valence-corrected chi connectivity index (χ2v) is 7.16. The van der Waals surface area contributed by atoms with Crippen molar-refractivity contribution in [1.29, 1.82) is 0 Å². The molecule has 1 aliphatic rings. The fraction of sp³-hybridized carbons (Fsp3) is 0.391. The normalized spacial score (nSPS) is 13.0. The van der Waals surface area contributed by atoms with Gasteiger partial charge in [0.15, 0.2) is 11.5 Å². The average molecular weight is 396 g/mol. The molecule has 1 N–H and O–H groups in total. The van der Waals surface area contributed by atoms with Crippen LogP contribution in [0.2, 0.25) is 0 Å². The van der Waals surface area contributed by atoms with Crippen LogP contribution in [0.4, 0.5) is 0 Å². The summed E-state index contributed by atoms with van der Waals surface area (Å²) in [6.45, 7) is 5.03. The molecule has 3 rings (SSSR count). The topological polar surface area (TPSA) is 67.9 Å². The van der Waals surface area contributed by atoms with Gasteiger partial charge in [0.2, 0.25) is 18.6 Å². The Morgan fingerprint density at radius 3 is 2.59 bits per heavy atom. The van der Waals surface area contributed by atoms with Gasteiger partial charge in [-0.2, -0.15) is 0 Å². The van der Waals surface area contributed by atoms with Crippen LogP contribution in [-0.4, -0.2) is 36.1 Å². The molecule has 1 atom stereocenters. The molecule has 29 heavy (non-hydrogen) atoms. The van der Waals surface area contributed by atoms with Crippen LogP contribution >= 0.6 is 0 Å². The molecule has 0 bridgehead atoms. The Bertz CT molecular complexity index is 838. The van der Waals surface area contributed by atoms with Gasteiger partial charge in [-0.25, -0.2) is 0 Å². The van der Waals surface area contributed by atoms with Crippen molar-refractivity contribution < 1.29 is 19.1 Å². The van der Waals surface area contributed by atoms with E-state index in [4.69, 9.17) is 9.47 Å². The quantitative estimate of drug-likeness (QED) is 0.706. The Morgan fingerprint density at radius 2 is 1.83 bits per heavy atom. The first-order valence-electron chi connectivity index (χ1n) is 10.1. The first-order chi connectivity index (χ1) is 14.1. The highest BCUT2D eigenvalue weighted by Crippen LogP contribution is 2.32. The van der Waals surface area contributed by atoms with Crippen molar-refractivity contribution in [3.05, 3.63) is 59.7 Å². The zero-order valence-corrected chi connectivity index (χ0v) is 17.0. The van der Waals surface area contributed by atoms with Gasteiger partial charge in [0.1, 0.15) is 6.04 Å². The third-order valence-corrected chi connectivity index (χ3v) is 4.98. The van der Waals surface area contributed by atoms with E-state index in [1.807, 2.05) is 55.5 Å². The lowest BCUT2D eigenvalue weighted by Gasteiger charge is -2.29. The number of nitrogens with zero attached hydrogens (tertiary/aromatic N) is 1. The number of rotatable bonds is 9. The maximum Gasteiger partial charge on any atom is 0.242 e. The number of ether oxygens (including phenoxy) is 2. The van der Waals surface area contributed by atoms with E-state index in [1.165, 1.54) is 0 Å². The SMILES string of the molecule is CCCNC(=O)[C@@H](C)N(Cc1ccccc1)C(=O)CCc1ccc2c(c1)OCO2. The van der Waals surface area contributed by atoms with Crippen LogP contribution in [0.15, 0.2) is 48.5 Å². The van der Waals surface area contributed by atoms with Crippen molar-refractivity contribution in [3.8, 4) is 11.5 Å². The first-order valence-corrected chi connectivity index (χ1v) is 10.1. The van der Waals surface area contributed by atoms with E-state index in [9.17, 15) is 9.59 Å². The molecular formula is C23H28N2O4. The fourth-order valence-corrected chi connectivity index (χ4v) is 3.25. The molecule has 6 heteroatoms. The molecule has 2 aromatic rings. The summed E-state index contributed by atoms with van der Waals surface area (Å²) in [4.78, 5) is 27.2. The number of hydrogen-bond acceptors (Lipinski definition) is 4. The van der Waals surface area contributed by atoms with Gasteiger partial charge in [-0.15, -0.1) is 0 Å². The molecule has 0 spiro atoms. The van der Waals surface area contributed by atoms with Crippen LogP contribution in [0.3, 0.4) is 0 Å². The Hall–Kier alpha value is -3.02.